The number of rotatable bonds is 11. The molecule has 0 radical (unpaired) electrons. The molecule has 2 aliphatic rings. The summed E-state index contributed by atoms with van der Waals surface area (Å²) in [6, 6.07) is 5.74. The van der Waals surface area contributed by atoms with Crippen LogP contribution < -0.4 is 9.47 Å². The Morgan fingerprint density at radius 2 is 1.79 bits per heavy atom. The summed E-state index contributed by atoms with van der Waals surface area (Å²) >= 11 is 0. The summed E-state index contributed by atoms with van der Waals surface area (Å²) in [5, 5.41) is 0. The lowest BCUT2D eigenvalue weighted by Crippen LogP contribution is -2.37. The third kappa shape index (κ3) is 6.06. The fourth-order valence-electron chi connectivity index (χ4n) is 4.79. The van der Waals surface area contributed by atoms with Crippen LogP contribution in [0.5, 0.6) is 11.5 Å². The summed E-state index contributed by atoms with van der Waals surface area (Å²) < 4.78 is 11.3. The van der Waals surface area contributed by atoms with E-state index in [1.54, 1.807) is 12.0 Å². The first-order valence-electron chi connectivity index (χ1n) is 12.3. The molecule has 7 nitrogen and oxygen atoms in total. The lowest BCUT2D eigenvalue weighted by atomic mass is 9.81. The Morgan fingerprint density at radius 1 is 1.12 bits per heavy atom. The lowest BCUT2D eigenvalue weighted by molar-refractivity contribution is -0.141. The number of fused-ring (bicyclic) bond motifs is 1. The van der Waals surface area contributed by atoms with Crippen molar-refractivity contribution in [3.63, 3.8) is 0 Å². The van der Waals surface area contributed by atoms with Crippen molar-refractivity contribution in [2.75, 3.05) is 26.8 Å². The molecule has 1 aromatic carbocycles. The third-order valence-corrected chi connectivity index (χ3v) is 6.50. The van der Waals surface area contributed by atoms with E-state index in [1.165, 1.54) is 4.90 Å². The average Bonchev–Trinajstić information content (AvgIpc) is 3.05. The van der Waals surface area contributed by atoms with E-state index in [0.717, 1.165) is 37.7 Å². The summed E-state index contributed by atoms with van der Waals surface area (Å²) in [6.45, 7) is 8.04. The van der Waals surface area contributed by atoms with Gasteiger partial charge in [-0.25, -0.2) is 0 Å². The number of ether oxygens (including phenoxy) is 2. The van der Waals surface area contributed by atoms with Crippen molar-refractivity contribution in [1.82, 2.24) is 9.80 Å². The molecule has 0 aromatic heterocycles. The van der Waals surface area contributed by atoms with Crippen LogP contribution >= 0.6 is 0 Å². The Morgan fingerprint density at radius 3 is 2.36 bits per heavy atom. The minimum Gasteiger partial charge on any atom is -0.493 e. The van der Waals surface area contributed by atoms with Gasteiger partial charge in [-0.3, -0.25) is 19.3 Å². The van der Waals surface area contributed by atoms with Crippen molar-refractivity contribution in [2.45, 2.75) is 65.8 Å². The Balaban J connectivity index is 1.62. The summed E-state index contributed by atoms with van der Waals surface area (Å²) in [7, 11) is 1.61. The van der Waals surface area contributed by atoms with Crippen LogP contribution in [0.25, 0.3) is 0 Å². The van der Waals surface area contributed by atoms with E-state index in [1.807, 2.05) is 25.1 Å². The Kier molecular flexibility index (Phi) is 8.75. The zero-order chi connectivity index (χ0) is 24.0. The highest BCUT2D eigenvalue weighted by Gasteiger charge is 2.47. The number of hydrogen-bond acceptors (Lipinski definition) is 5. The van der Waals surface area contributed by atoms with Crippen molar-refractivity contribution in [3.8, 4) is 11.5 Å². The molecule has 0 bridgehead atoms. The molecule has 0 N–H and O–H groups in total. The van der Waals surface area contributed by atoms with Gasteiger partial charge in [-0.1, -0.05) is 39.7 Å². The molecule has 3 rings (SSSR count). The van der Waals surface area contributed by atoms with Crippen molar-refractivity contribution in [2.24, 2.45) is 17.8 Å². The number of benzene rings is 1. The first-order valence-corrected chi connectivity index (χ1v) is 12.3. The van der Waals surface area contributed by atoms with E-state index in [2.05, 4.69) is 13.8 Å². The molecule has 2 fully saturated rings. The SMILES string of the molecule is CCCN(Cc1ccc(OCC(C)C)c(OC)c1)C(=O)CCN1C(=O)C2CCCCC2C1=O. The molecule has 1 saturated carbocycles. The van der Waals surface area contributed by atoms with Gasteiger partial charge < -0.3 is 14.4 Å². The van der Waals surface area contributed by atoms with Gasteiger partial charge in [0, 0.05) is 26.1 Å². The van der Waals surface area contributed by atoms with E-state index >= 15 is 0 Å². The van der Waals surface area contributed by atoms with Gasteiger partial charge in [-0.05, 0) is 42.9 Å². The minimum atomic E-state index is -0.169. The topological polar surface area (TPSA) is 76.2 Å². The van der Waals surface area contributed by atoms with Crippen LogP contribution in [-0.2, 0) is 20.9 Å². The minimum absolute atomic E-state index is 0.0496. The zero-order valence-corrected chi connectivity index (χ0v) is 20.5. The number of likely N-dealkylation sites (tertiary alicyclic amines) is 1. The molecule has 33 heavy (non-hydrogen) atoms. The second-order valence-electron chi connectivity index (χ2n) is 9.58. The van der Waals surface area contributed by atoms with Gasteiger partial charge in [-0.2, -0.15) is 0 Å². The quantitative estimate of drug-likeness (QED) is 0.468. The molecule has 182 valence electrons. The summed E-state index contributed by atoms with van der Waals surface area (Å²) in [4.78, 5) is 41.6. The summed E-state index contributed by atoms with van der Waals surface area (Å²) in [5.41, 5.74) is 0.949. The van der Waals surface area contributed by atoms with Crippen LogP contribution in [0.3, 0.4) is 0 Å². The van der Waals surface area contributed by atoms with Gasteiger partial charge in [0.15, 0.2) is 11.5 Å². The second kappa shape index (κ2) is 11.5. The predicted molar refractivity (Wildman–Crippen MR) is 126 cm³/mol. The predicted octanol–water partition coefficient (Wildman–Crippen LogP) is 4.03. The molecule has 3 amide bonds. The van der Waals surface area contributed by atoms with E-state index in [4.69, 9.17) is 9.47 Å². The lowest BCUT2D eigenvalue weighted by Gasteiger charge is -2.24. The molecule has 0 spiro atoms. The second-order valence-corrected chi connectivity index (χ2v) is 9.58. The fraction of sp³-hybridized carbons (Fsp3) is 0.654. The number of hydrogen-bond donors (Lipinski definition) is 0. The van der Waals surface area contributed by atoms with Gasteiger partial charge in [0.25, 0.3) is 0 Å². The van der Waals surface area contributed by atoms with Crippen LogP contribution in [0.2, 0.25) is 0 Å². The number of carbonyl (C=O) groups is 3. The Hall–Kier alpha value is -2.57. The molecule has 1 aliphatic carbocycles. The molecule has 1 saturated heterocycles. The molecular formula is C26H38N2O5. The molecule has 2 unspecified atom stereocenters. The maximum atomic E-state index is 13.0. The largest absolute Gasteiger partial charge is 0.493 e. The zero-order valence-electron chi connectivity index (χ0n) is 20.5. The average molecular weight is 459 g/mol. The van der Waals surface area contributed by atoms with Crippen LogP contribution in [0.1, 0.15) is 64.9 Å². The van der Waals surface area contributed by atoms with Crippen molar-refractivity contribution in [3.05, 3.63) is 23.8 Å². The number of carbonyl (C=O) groups excluding carboxylic acids is 3. The van der Waals surface area contributed by atoms with Crippen LogP contribution in [0.15, 0.2) is 18.2 Å². The maximum Gasteiger partial charge on any atom is 0.233 e. The van der Waals surface area contributed by atoms with Crippen LogP contribution in [-0.4, -0.2) is 54.3 Å². The number of nitrogens with zero attached hydrogens (tertiary/aromatic N) is 2. The normalized spacial score (nSPS) is 20.2. The first kappa shape index (κ1) is 25.1. The molecule has 1 aliphatic heterocycles. The van der Waals surface area contributed by atoms with E-state index in [0.29, 0.717) is 37.1 Å². The van der Waals surface area contributed by atoms with Crippen molar-refractivity contribution in [1.29, 1.82) is 0 Å². The highest BCUT2D eigenvalue weighted by atomic mass is 16.5. The summed E-state index contributed by atoms with van der Waals surface area (Å²) in [5.74, 6) is 1.19. The van der Waals surface area contributed by atoms with Gasteiger partial charge in [0.1, 0.15) is 0 Å². The molecule has 1 aromatic rings. The number of methoxy groups -OCH3 is 1. The van der Waals surface area contributed by atoms with Gasteiger partial charge in [0.2, 0.25) is 17.7 Å². The summed E-state index contributed by atoms with van der Waals surface area (Å²) in [6.07, 6.45) is 4.57. The Bertz CT molecular complexity index is 829. The number of imide groups is 1. The number of amides is 3. The third-order valence-electron chi connectivity index (χ3n) is 6.50. The molecule has 2 atom stereocenters. The van der Waals surface area contributed by atoms with E-state index in [-0.39, 0.29) is 42.5 Å². The molecular weight excluding hydrogens is 420 g/mol. The fourth-order valence-corrected chi connectivity index (χ4v) is 4.79. The molecule has 1 heterocycles. The Labute approximate surface area is 197 Å². The van der Waals surface area contributed by atoms with E-state index < -0.39 is 0 Å². The smallest absolute Gasteiger partial charge is 0.233 e. The van der Waals surface area contributed by atoms with E-state index in [9.17, 15) is 14.4 Å². The molecule has 7 heteroatoms. The van der Waals surface area contributed by atoms with Crippen LogP contribution in [0.4, 0.5) is 0 Å². The maximum absolute atomic E-state index is 13.0. The standard InChI is InChI=1S/C26H38N2O5/c1-5-13-27(16-19-10-11-22(23(15-19)32-4)33-17-18(2)3)24(29)12-14-28-25(30)20-8-6-7-9-21(20)26(28)31/h10-11,15,18,20-21H,5-9,12-14,16-17H2,1-4H3. The monoisotopic (exact) mass is 458 g/mol. The highest BCUT2D eigenvalue weighted by Crippen LogP contribution is 2.38. The first-order chi connectivity index (χ1) is 15.8. The highest BCUT2D eigenvalue weighted by molar-refractivity contribution is 6.05. The van der Waals surface area contributed by atoms with Crippen molar-refractivity contribution < 1.29 is 23.9 Å². The van der Waals surface area contributed by atoms with Crippen LogP contribution in [0, 0.1) is 17.8 Å². The van der Waals surface area contributed by atoms with Gasteiger partial charge in [-0.15, -0.1) is 0 Å². The van der Waals surface area contributed by atoms with Gasteiger partial charge in [0.05, 0.1) is 25.6 Å². The van der Waals surface area contributed by atoms with Crippen molar-refractivity contribution >= 4 is 17.7 Å². The van der Waals surface area contributed by atoms with Gasteiger partial charge >= 0.3 is 0 Å².